The second kappa shape index (κ2) is 6.09. The summed E-state index contributed by atoms with van der Waals surface area (Å²) in [6.45, 7) is 0. The van der Waals surface area contributed by atoms with Gasteiger partial charge in [-0.1, -0.05) is 12.1 Å². The first-order valence-corrected chi connectivity index (χ1v) is 7.66. The molecule has 7 nitrogen and oxygen atoms in total. The van der Waals surface area contributed by atoms with Crippen LogP contribution in [0.3, 0.4) is 0 Å². The molecule has 24 heavy (non-hydrogen) atoms. The highest BCUT2D eigenvalue weighted by Crippen LogP contribution is 2.41. The van der Waals surface area contributed by atoms with Crippen LogP contribution in [-0.4, -0.2) is 15.8 Å². The number of ketones is 1. The number of aromatic hydroxyl groups is 1. The zero-order valence-corrected chi connectivity index (χ0v) is 13.1. The lowest BCUT2D eigenvalue weighted by molar-refractivity contribution is -0.385. The standard InChI is InChI=1S/C16H12ClNO6/c17-9-5-3-7-11-12(9)15(20)13(16(21)24-11)14(19)8-4-1-2-6-10(8)18(22)23/h1-2,4,6,9,20H,3,5,7H2. The number of fused-ring (bicyclic) bond motifs is 1. The maximum Gasteiger partial charge on any atom is 0.351 e. The van der Waals surface area contributed by atoms with Gasteiger partial charge in [-0.25, -0.2) is 4.79 Å². The summed E-state index contributed by atoms with van der Waals surface area (Å²) in [5.74, 6) is -1.27. The molecule has 0 saturated heterocycles. The quantitative estimate of drug-likeness (QED) is 0.394. The molecule has 0 bridgehead atoms. The van der Waals surface area contributed by atoms with E-state index in [1.54, 1.807) is 0 Å². The monoisotopic (exact) mass is 349 g/mol. The molecule has 0 saturated carbocycles. The minimum Gasteiger partial charge on any atom is -0.506 e. The van der Waals surface area contributed by atoms with E-state index in [2.05, 4.69) is 0 Å². The number of halogens is 1. The van der Waals surface area contributed by atoms with Gasteiger partial charge < -0.3 is 9.52 Å². The van der Waals surface area contributed by atoms with Crippen LogP contribution >= 0.6 is 11.6 Å². The number of para-hydroxylation sites is 1. The molecule has 1 aromatic carbocycles. The van der Waals surface area contributed by atoms with Gasteiger partial charge in [-0.2, -0.15) is 0 Å². The number of alkyl halides is 1. The average Bonchev–Trinajstić information content (AvgIpc) is 2.54. The fourth-order valence-electron chi connectivity index (χ4n) is 2.84. The molecule has 1 atom stereocenters. The maximum absolute atomic E-state index is 12.6. The van der Waals surface area contributed by atoms with Gasteiger partial charge in [0.15, 0.2) is 5.56 Å². The maximum atomic E-state index is 12.6. The first-order valence-electron chi connectivity index (χ1n) is 7.22. The number of benzene rings is 1. The Labute approximate surface area is 140 Å². The van der Waals surface area contributed by atoms with Crippen molar-refractivity contribution < 1.29 is 19.2 Å². The van der Waals surface area contributed by atoms with Gasteiger partial charge in [0, 0.05) is 12.5 Å². The van der Waals surface area contributed by atoms with Crippen molar-refractivity contribution in [3.05, 3.63) is 67.3 Å². The van der Waals surface area contributed by atoms with E-state index in [1.165, 1.54) is 18.2 Å². The van der Waals surface area contributed by atoms with Gasteiger partial charge in [-0.05, 0) is 18.9 Å². The van der Waals surface area contributed by atoms with Crippen molar-refractivity contribution in [3.8, 4) is 5.75 Å². The summed E-state index contributed by atoms with van der Waals surface area (Å²) in [6, 6.07) is 5.20. The number of rotatable bonds is 3. The lowest BCUT2D eigenvalue weighted by Crippen LogP contribution is -2.20. The van der Waals surface area contributed by atoms with Crippen LogP contribution in [0.4, 0.5) is 5.69 Å². The number of nitrogens with zero attached hydrogens (tertiary/aromatic N) is 1. The molecule has 2 aromatic rings. The third-order valence-electron chi connectivity index (χ3n) is 3.96. The van der Waals surface area contributed by atoms with Crippen LogP contribution in [0.25, 0.3) is 0 Å². The highest BCUT2D eigenvalue weighted by Gasteiger charge is 2.32. The fraction of sp³-hybridized carbons (Fsp3) is 0.250. The molecular formula is C16H12ClNO6. The van der Waals surface area contributed by atoms with E-state index < -0.39 is 38.7 Å². The van der Waals surface area contributed by atoms with E-state index in [1.807, 2.05) is 0 Å². The summed E-state index contributed by atoms with van der Waals surface area (Å²) in [5.41, 5.74) is -2.20. The molecule has 1 aliphatic rings. The number of carbonyl (C=O) groups excluding carboxylic acids is 1. The number of nitro benzene ring substituents is 1. The van der Waals surface area contributed by atoms with Gasteiger partial charge in [0.2, 0.25) is 5.78 Å². The Hall–Kier alpha value is -2.67. The Morgan fingerprint density at radius 3 is 2.79 bits per heavy atom. The molecule has 0 radical (unpaired) electrons. The normalized spacial score (nSPS) is 16.5. The lowest BCUT2D eigenvalue weighted by atomic mass is 9.92. The van der Waals surface area contributed by atoms with Gasteiger partial charge in [-0.15, -0.1) is 11.6 Å². The summed E-state index contributed by atoms with van der Waals surface area (Å²) in [7, 11) is 0. The summed E-state index contributed by atoms with van der Waals surface area (Å²) in [6.07, 6.45) is 1.69. The van der Waals surface area contributed by atoms with Crippen molar-refractivity contribution in [2.75, 3.05) is 0 Å². The lowest BCUT2D eigenvalue weighted by Gasteiger charge is -2.20. The van der Waals surface area contributed by atoms with Crippen molar-refractivity contribution >= 4 is 23.1 Å². The minimum absolute atomic E-state index is 0.212. The Balaban J connectivity index is 2.21. The third-order valence-corrected chi connectivity index (χ3v) is 4.40. The van der Waals surface area contributed by atoms with Crippen LogP contribution in [0.1, 0.15) is 45.5 Å². The fourth-order valence-corrected chi connectivity index (χ4v) is 3.22. The second-order valence-corrected chi connectivity index (χ2v) is 5.94. The Morgan fingerprint density at radius 2 is 2.08 bits per heavy atom. The van der Waals surface area contributed by atoms with E-state index in [9.17, 15) is 24.8 Å². The molecule has 0 fully saturated rings. The predicted octanol–water partition coefficient (Wildman–Crippen LogP) is 3.10. The Kier molecular flexibility index (Phi) is 4.11. The molecule has 1 aliphatic carbocycles. The smallest absolute Gasteiger partial charge is 0.351 e. The number of aryl methyl sites for hydroxylation is 1. The summed E-state index contributed by atoms with van der Waals surface area (Å²) < 4.78 is 5.13. The number of nitro groups is 1. The van der Waals surface area contributed by atoms with Crippen LogP contribution in [-0.2, 0) is 6.42 Å². The van der Waals surface area contributed by atoms with E-state index in [-0.39, 0.29) is 16.9 Å². The Morgan fingerprint density at radius 1 is 1.38 bits per heavy atom. The molecule has 1 unspecified atom stereocenters. The predicted molar refractivity (Wildman–Crippen MR) is 84.7 cm³/mol. The highest BCUT2D eigenvalue weighted by molar-refractivity contribution is 6.21. The molecule has 0 aliphatic heterocycles. The van der Waals surface area contributed by atoms with E-state index in [0.717, 1.165) is 6.07 Å². The van der Waals surface area contributed by atoms with Crippen LogP contribution < -0.4 is 5.63 Å². The minimum atomic E-state index is -1.03. The van der Waals surface area contributed by atoms with E-state index >= 15 is 0 Å². The summed E-state index contributed by atoms with van der Waals surface area (Å²) in [5, 5.41) is 20.9. The molecule has 0 amide bonds. The number of hydrogen-bond donors (Lipinski definition) is 1. The first-order chi connectivity index (χ1) is 11.4. The third kappa shape index (κ3) is 2.56. The van der Waals surface area contributed by atoms with Crippen molar-refractivity contribution in [1.82, 2.24) is 0 Å². The van der Waals surface area contributed by atoms with Gasteiger partial charge >= 0.3 is 5.63 Å². The zero-order chi connectivity index (χ0) is 17.4. The van der Waals surface area contributed by atoms with Crippen LogP contribution in [0.5, 0.6) is 5.75 Å². The average molecular weight is 350 g/mol. The molecule has 1 aromatic heterocycles. The Bertz CT molecular complexity index is 904. The molecular weight excluding hydrogens is 338 g/mol. The first kappa shape index (κ1) is 16.2. The number of hydrogen-bond acceptors (Lipinski definition) is 6. The van der Waals surface area contributed by atoms with Crippen molar-refractivity contribution in [2.45, 2.75) is 24.6 Å². The summed E-state index contributed by atoms with van der Waals surface area (Å²) >= 11 is 6.17. The molecule has 3 rings (SSSR count). The SMILES string of the molecule is O=C(c1ccccc1[N+](=O)[O-])c1c(O)c2c(oc1=O)CCCC2Cl. The van der Waals surface area contributed by atoms with E-state index in [4.69, 9.17) is 16.0 Å². The molecule has 1 heterocycles. The van der Waals surface area contributed by atoms with Crippen molar-refractivity contribution in [3.63, 3.8) is 0 Å². The molecule has 124 valence electrons. The van der Waals surface area contributed by atoms with Crippen LogP contribution in [0, 0.1) is 10.1 Å². The van der Waals surface area contributed by atoms with Crippen molar-refractivity contribution in [1.29, 1.82) is 0 Å². The topological polar surface area (TPSA) is 111 Å². The van der Waals surface area contributed by atoms with Gasteiger partial charge in [0.05, 0.1) is 15.9 Å². The van der Waals surface area contributed by atoms with E-state index in [0.29, 0.717) is 19.3 Å². The van der Waals surface area contributed by atoms with Gasteiger partial charge in [0.25, 0.3) is 5.69 Å². The molecule has 1 N–H and O–H groups in total. The van der Waals surface area contributed by atoms with Crippen LogP contribution in [0.2, 0.25) is 0 Å². The van der Waals surface area contributed by atoms with Gasteiger partial charge in [0.1, 0.15) is 17.1 Å². The highest BCUT2D eigenvalue weighted by atomic mass is 35.5. The zero-order valence-electron chi connectivity index (χ0n) is 12.3. The van der Waals surface area contributed by atoms with Crippen LogP contribution in [0.15, 0.2) is 33.5 Å². The largest absolute Gasteiger partial charge is 0.506 e. The molecule has 0 spiro atoms. The number of carbonyl (C=O) groups is 1. The second-order valence-electron chi connectivity index (χ2n) is 5.41. The summed E-state index contributed by atoms with van der Waals surface area (Å²) in [4.78, 5) is 35.1. The van der Waals surface area contributed by atoms with Crippen molar-refractivity contribution in [2.24, 2.45) is 0 Å². The molecule has 8 heteroatoms. The van der Waals surface area contributed by atoms with Gasteiger partial charge in [-0.3, -0.25) is 14.9 Å².